The Balaban J connectivity index is 2.17. The van der Waals surface area contributed by atoms with E-state index in [2.05, 4.69) is 10.6 Å². The normalized spacial score (nSPS) is 12.9. The summed E-state index contributed by atoms with van der Waals surface area (Å²) in [5, 5.41) is 5.72. The van der Waals surface area contributed by atoms with Gasteiger partial charge in [-0.3, -0.25) is 9.59 Å². The second-order valence-electron chi connectivity index (χ2n) is 7.59. The zero-order valence-electron chi connectivity index (χ0n) is 17.6. The Morgan fingerprint density at radius 3 is 2.38 bits per heavy atom. The van der Waals surface area contributed by atoms with Crippen LogP contribution in [0.1, 0.15) is 54.7 Å². The summed E-state index contributed by atoms with van der Waals surface area (Å²) in [6.45, 7) is 7.58. The van der Waals surface area contributed by atoms with Crippen LogP contribution >= 0.6 is 0 Å². The molecule has 0 aliphatic rings. The maximum absolute atomic E-state index is 13.7. The number of benzene rings is 2. The molecule has 2 rings (SSSR count). The van der Waals surface area contributed by atoms with Crippen molar-refractivity contribution in [1.82, 2.24) is 10.6 Å². The molecule has 2 aromatic carbocycles. The molecule has 0 radical (unpaired) electrons. The summed E-state index contributed by atoms with van der Waals surface area (Å²) in [7, 11) is 1.50. The van der Waals surface area contributed by atoms with Gasteiger partial charge in [-0.15, -0.1) is 0 Å². The quantitative estimate of drug-likeness (QED) is 0.699. The maximum Gasteiger partial charge on any atom is 0.252 e. The fourth-order valence-electron chi connectivity index (χ4n) is 3.20. The third-order valence-corrected chi connectivity index (χ3v) is 4.74. The lowest BCUT2D eigenvalue weighted by molar-refractivity contribution is -0.124. The van der Waals surface area contributed by atoms with Crippen molar-refractivity contribution in [3.63, 3.8) is 0 Å². The third-order valence-electron chi connectivity index (χ3n) is 4.74. The minimum atomic E-state index is -0.705. The van der Waals surface area contributed by atoms with Crippen LogP contribution in [0.3, 0.4) is 0 Å². The van der Waals surface area contributed by atoms with E-state index in [1.165, 1.54) is 25.3 Å². The topological polar surface area (TPSA) is 67.4 Å². The number of halogens is 1. The number of rotatable bonds is 8. The maximum atomic E-state index is 13.7. The molecule has 0 bridgehead atoms. The van der Waals surface area contributed by atoms with Crippen molar-refractivity contribution >= 4 is 11.8 Å². The van der Waals surface area contributed by atoms with Crippen molar-refractivity contribution in [2.24, 2.45) is 5.92 Å². The standard InChI is InChI=1S/C23H29FN2O3/c1-14(2)12-20(26-22(27)18-9-7-6-8-15(18)3)23(28)25-16(4)19-13-17(24)10-11-21(19)29-5/h6-11,13-14,16,20H,12H2,1-5H3,(H,25,28)(H,26,27). The Labute approximate surface area is 171 Å². The van der Waals surface area contributed by atoms with Gasteiger partial charge in [-0.05, 0) is 56.0 Å². The second kappa shape index (κ2) is 10.0. The molecular weight excluding hydrogens is 371 g/mol. The average molecular weight is 400 g/mol. The third kappa shape index (κ3) is 6.04. The van der Waals surface area contributed by atoms with Crippen molar-refractivity contribution in [2.75, 3.05) is 7.11 Å². The number of carbonyl (C=O) groups is 2. The second-order valence-corrected chi connectivity index (χ2v) is 7.59. The van der Waals surface area contributed by atoms with E-state index >= 15 is 0 Å². The number of methoxy groups -OCH3 is 1. The Morgan fingerprint density at radius 1 is 1.07 bits per heavy atom. The molecular formula is C23H29FN2O3. The minimum Gasteiger partial charge on any atom is -0.496 e. The van der Waals surface area contributed by atoms with E-state index in [9.17, 15) is 14.0 Å². The zero-order chi connectivity index (χ0) is 21.6. The number of hydrogen-bond acceptors (Lipinski definition) is 3. The van der Waals surface area contributed by atoms with E-state index in [-0.39, 0.29) is 17.7 Å². The highest BCUT2D eigenvalue weighted by molar-refractivity contribution is 5.98. The largest absolute Gasteiger partial charge is 0.496 e. The monoisotopic (exact) mass is 400 g/mol. The summed E-state index contributed by atoms with van der Waals surface area (Å²) in [5.74, 6) is -0.335. The molecule has 2 aromatic rings. The van der Waals surface area contributed by atoms with E-state index in [4.69, 9.17) is 4.74 Å². The lowest BCUT2D eigenvalue weighted by Gasteiger charge is -2.24. The van der Waals surface area contributed by atoms with Crippen LogP contribution in [-0.4, -0.2) is 25.0 Å². The van der Waals surface area contributed by atoms with E-state index < -0.39 is 17.9 Å². The van der Waals surface area contributed by atoms with Gasteiger partial charge in [-0.2, -0.15) is 0 Å². The molecule has 0 aromatic heterocycles. The van der Waals surface area contributed by atoms with E-state index in [1.54, 1.807) is 19.1 Å². The Kier molecular flexibility index (Phi) is 7.76. The molecule has 0 aliphatic carbocycles. The molecule has 2 atom stereocenters. The molecule has 0 heterocycles. The summed E-state index contributed by atoms with van der Waals surface area (Å²) in [4.78, 5) is 25.6. The highest BCUT2D eigenvalue weighted by atomic mass is 19.1. The van der Waals surface area contributed by atoms with E-state index in [0.29, 0.717) is 23.3 Å². The summed E-state index contributed by atoms with van der Waals surface area (Å²) in [5.41, 5.74) is 1.91. The predicted octanol–water partition coefficient (Wildman–Crippen LogP) is 4.16. The van der Waals surface area contributed by atoms with E-state index in [1.807, 2.05) is 32.9 Å². The summed E-state index contributed by atoms with van der Waals surface area (Å²) < 4.78 is 19.0. The smallest absolute Gasteiger partial charge is 0.252 e. The van der Waals surface area contributed by atoms with E-state index in [0.717, 1.165) is 5.56 Å². The van der Waals surface area contributed by atoms with Crippen LogP contribution in [0.5, 0.6) is 5.75 Å². The Hall–Kier alpha value is -2.89. The first-order chi connectivity index (χ1) is 13.7. The summed E-state index contributed by atoms with van der Waals surface area (Å²) in [6.07, 6.45) is 0.483. The number of hydrogen-bond donors (Lipinski definition) is 2. The molecule has 0 fully saturated rings. The van der Waals surface area contributed by atoms with Crippen LogP contribution in [0.15, 0.2) is 42.5 Å². The first-order valence-electron chi connectivity index (χ1n) is 9.73. The van der Waals surface area contributed by atoms with Gasteiger partial charge in [0.05, 0.1) is 13.2 Å². The molecule has 2 unspecified atom stereocenters. The molecule has 0 saturated carbocycles. The average Bonchev–Trinajstić information content (AvgIpc) is 2.67. The highest BCUT2D eigenvalue weighted by Gasteiger charge is 2.25. The van der Waals surface area contributed by atoms with Crippen LogP contribution in [0.4, 0.5) is 4.39 Å². The Morgan fingerprint density at radius 2 is 1.76 bits per heavy atom. The van der Waals surface area contributed by atoms with Gasteiger partial charge in [0.15, 0.2) is 0 Å². The zero-order valence-corrected chi connectivity index (χ0v) is 17.6. The lowest BCUT2D eigenvalue weighted by atomic mass is 10.0. The van der Waals surface area contributed by atoms with Gasteiger partial charge >= 0.3 is 0 Å². The molecule has 0 spiro atoms. The first kappa shape index (κ1) is 22.4. The van der Waals surface area contributed by atoms with Gasteiger partial charge in [-0.1, -0.05) is 32.0 Å². The molecule has 5 nitrogen and oxygen atoms in total. The Bertz CT molecular complexity index is 867. The number of aryl methyl sites for hydroxylation is 1. The molecule has 0 saturated heterocycles. The number of ether oxygens (including phenoxy) is 1. The first-order valence-corrected chi connectivity index (χ1v) is 9.73. The van der Waals surface area contributed by atoms with Crippen LogP contribution < -0.4 is 15.4 Å². The molecule has 0 aliphatic heterocycles. The van der Waals surface area contributed by atoms with Crippen molar-refractivity contribution in [3.8, 4) is 5.75 Å². The number of carbonyl (C=O) groups excluding carboxylic acids is 2. The molecule has 2 amide bonds. The summed E-state index contributed by atoms with van der Waals surface area (Å²) >= 11 is 0. The van der Waals surface area contributed by atoms with Gasteiger partial charge in [0, 0.05) is 11.1 Å². The highest BCUT2D eigenvalue weighted by Crippen LogP contribution is 2.26. The van der Waals surface area contributed by atoms with Crippen molar-refractivity contribution < 1.29 is 18.7 Å². The molecule has 2 N–H and O–H groups in total. The van der Waals surface area contributed by atoms with Gasteiger partial charge < -0.3 is 15.4 Å². The van der Waals surface area contributed by atoms with Crippen LogP contribution in [0.2, 0.25) is 0 Å². The van der Waals surface area contributed by atoms with Crippen LogP contribution in [-0.2, 0) is 4.79 Å². The van der Waals surface area contributed by atoms with Crippen molar-refractivity contribution in [1.29, 1.82) is 0 Å². The predicted molar refractivity (Wildman–Crippen MR) is 111 cm³/mol. The van der Waals surface area contributed by atoms with Crippen LogP contribution in [0.25, 0.3) is 0 Å². The fraction of sp³-hybridized carbons (Fsp3) is 0.391. The number of amides is 2. The number of nitrogens with one attached hydrogen (secondary N) is 2. The molecule has 156 valence electrons. The van der Waals surface area contributed by atoms with Gasteiger partial charge in [0.1, 0.15) is 17.6 Å². The van der Waals surface area contributed by atoms with Crippen LogP contribution in [0, 0.1) is 18.7 Å². The van der Waals surface area contributed by atoms with Gasteiger partial charge in [-0.25, -0.2) is 4.39 Å². The lowest BCUT2D eigenvalue weighted by Crippen LogP contribution is -2.48. The SMILES string of the molecule is COc1ccc(F)cc1C(C)NC(=O)C(CC(C)C)NC(=O)c1ccccc1C. The molecule has 6 heteroatoms. The van der Waals surface area contributed by atoms with Gasteiger partial charge in [0.25, 0.3) is 5.91 Å². The van der Waals surface area contributed by atoms with Crippen molar-refractivity contribution in [3.05, 3.63) is 65.0 Å². The summed E-state index contributed by atoms with van der Waals surface area (Å²) in [6, 6.07) is 10.2. The molecule has 29 heavy (non-hydrogen) atoms. The van der Waals surface area contributed by atoms with Gasteiger partial charge in [0.2, 0.25) is 5.91 Å². The fourth-order valence-corrected chi connectivity index (χ4v) is 3.20. The minimum absolute atomic E-state index is 0.196. The van der Waals surface area contributed by atoms with Crippen molar-refractivity contribution in [2.45, 2.75) is 46.2 Å².